The molecule has 0 radical (unpaired) electrons. The lowest BCUT2D eigenvalue weighted by atomic mass is 10.2. The molecule has 7 heteroatoms. The highest BCUT2D eigenvalue weighted by atomic mass is 19.1. The second kappa shape index (κ2) is 7.00. The molecule has 0 saturated carbocycles. The molecule has 2 atom stereocenters. The highest BCUT2D eigenvalue weighted by Gasteiger charge is 2.36. The summed E-state index contributed by atoms with van der Waals surface area (Å²) in [7, 11) is 0. The van der Waals surface area contributed by atoms with E-state index in [1.165, 1.54) is 35.2 Å². The van der Waals surface area contributed by atoms with Crippen molar-refractivity contribution in [2.24, 2.45) is 0 Å². The fourth-order valence-corrected chi connectivity index (χ4v) is 2.68. The number of carbonyl (C=O) groups excluding carboxylic acids is 1. The minimum atomic E-state index is -1.14. The quantitative estimate of drug-likeness (QED) is 0.911. The van der Waals surface area contributed by atoms with Crippen molar-refractivity contribution in [2.75, 3.05) is 13.2 Å². The zero-order valence-corrected chi connectivity index (χ0v) is 12.8. The molecule has 1 aliphatic heterocycles. The van der Waals surface area contributed by atoms with Crippen molar-refractivity contribution >= 4 is 5.91 Å². The van der Waals surface area contributed by atoms with Gasteiger partial charge in [0, 0.05) is 6.42 Å². The fraction of sp³-hybridized carbons (Fsp3) is 0.353. The summed E-state index contributed by atoms with van der Waals surface area (Å²) in [6.45, 7) is -0.256. The van der Waals surface area contributed by atoms with Gasteiger partial charge in [-0.2, -0.15) is 0 Å². The SMILES string of the molecule is O=C(c1ccc(COc2ccc(F)cc2)o1)N1C[C@@H](F)C[C@H]1CO. The number of ether oxygens (including phenoxy) is 1. The number of aliphatic hydroxyl groups excluding tert-OH is 1. The molecule has 1 aromatic heterocycles. The summed E-state index contributed by atoms with van der Waals surface area (Å²) in [6, 6.07) is 8.09. The van der Waals surface area contributed by atoms with E-state index in [9.17, 15) is 18.7 Å². The molecule has 3 rings (SSSR count). The van der Waals surface area contributed by atoms with Gasteiger partial charge in [0.05, 0.1) is 19.2 Å². The van der Waals surface area contributed by atoms with E-state index in [1.54, 1.807) is 6.07 Å². The predicted molar refractivity (Wildman–Crippen MR) is 80.9 cm³/mol. The van der Waals surface area contributed by atoms with Crippen molar-refractivity contribution in [1.82, 2.24) is 4.90 Å². The van der Waals surface area contributed by atoms with Gasteiger partial charge >= 0.3 is 0 Å². The van der Waals surface area contributed by atoms with Gasteiger partial charge in [-0.15, -0.1) is 0 Å². The lowest BCUT2D eigenvalue weighted by molar-refractivity contribution is 0.0637. The Balaban J connectivity index is 1.62. The van der Waals surface area contributed by atoms with Crippen LogP contribution in [0.1, 0.15) is 22.7 Å². The third-order valence-corrected chi connectivity index (χ3v) is 3.90. The van der Waals surface area contributed by atoms with Crippen LogP contribution >= 0.6 is 0 Å². The Morgan fingerprint density at radius 2 is 2.04 bits per heavy atom. The largest absolute Gasteiger partial charge is 0.486 e. The first-order valence-corrected chi connectivity index (χ1v) is 7.60. The van der Waals surface area contributed by atoms with Crippen LogP contribution in [0.4, 0.5) is 8.78 Å². The van der Waals surface area contributed by atoms with Gasteiger partial charge < -0.3 is 19.2 Å². The van der Waals surface area contributed by atoms with Crippen LogP contribution in [0, 0.1) is 5.82 Å². The van der Waals surface area contributed by atoms with Crippen LogP contribution in [-0.2, 0) is 6.61 Å². The first-order chi connectivity index (χ1) is 11.6. The molecule has 0 unspecified atom stereocenters. The van der Waals surface area contributed by atoms with Crippen LogP contribution in [0.25, 0.3) is 0 Å². The van der Waals surface area contributed by atoms with Gasteiger partial charge in [0.25, 0.3) is 5.91 Å². The van der Waals surface area contributed by atoms with Crippen LogP contribution in [0.15, 0.2) is 40.8 Å². The minimum absolute atomic E-state index is 0.0494. The zero-order valence-electron chi connectivity index (χ0n) is 12.8. The normalized spacial score (nSPS) is 20.4. The summed E-state index contributed by atoms with van der Waals surface area (Å²) >= 11 is 0. The number of nitrogens with zero attached hydrogens (tertiary/aromatic N) is 1. The molecule has 0 aliphatic carbocycles. The lowest BCUT2D eigenvalue weighted by Gasteiger charge is -2.21. The molecule has 5 nitrogen and oxygen atoms in total. The number of alkyl halides is 1. The van der Waals surface area contributed by atoms with Crippen molar-refractivity contribution < 1.29 is 27.8 Å². The van der Waals surface area contributed by atoms with Gasteiger partial charge in [-0.1, -0.05) is 0 Å². The van der Waals surface area contributed by atoms with E-state index < -0.39 is 18.1 Å². The number of likely N-dealkylation sites (tertiary alicyclic amines) is 1. The van der Waals surface area contributed by atoms with Gasteiger partial charge in [0.2, 0.25) is 0 Å². The van der Waals surface area contributed by atoms with Gasteiger partial charge in [0.1, 0.15) is 30.1 Å². The molecule has 1 saturated heterocycles. The van der Waals surface area contributed by atoms with Crippen LogP contribution in [0.5, 0.6) is 5.75 Å². The summed E-state index contributed by atoms with van der Waals surface area (Å²) in [4.78, 5) is 13.6. The maximum absolute atomic E-state index is 13.4. The maximum atomic E-state index is 13.4. The predicted octanol–water partition coefficient (Wildman–Crippen LogP) is 2.54. The molecular weight excluding hydrogens is 320 g/mol. The average molecular weight is 337 g/mol. The highest BCUT2D eigenvalue weighted by Crippen LogP contribution is 2.23. The molecule has 24 heavy (non-hydrogen) atoms. The molecule has 2 heterocycles. The number of aliphatic hydroxyl groups is 1. The Bertz CT molecular complexity index is 701. The number of benzene rings is 1. The van der Waals surface area contributed by atoms with Gasteiger partial charge in [-0.05, 0) is 36.4 Å². The molecule has 1 N–H and O–H groups in total. The summed E-state index contributed by atoms with van der Waals surface area (Å²) < 4.78 is 37.1. The molecule has 128 valence electrons. The molecule has 1 aliphatic rings. The topological polar surface area (TPSA) is 62.9 Å². The van der Waals surface area contributed by atoms with E-state index in [-0.39, 0.29) is 37.8 Å². The number of hydrogen-bond acceptors (Lipinski definition) is 4. The molecule has 1 amide bonds. The van der Waals surface area contributed by atoms with Gasteiger partial charge in [-0.3, -0.25) is 4.79 Å². The van der Waals surface area contributed by atoms with E-state index in [4.69, 9.17) is 9.15 Å². The molecule has 0 spiro atoms. The van der Waals surface area contributed by atoms with Crippen LogP contribution in [-0.4, -0.2) is 41.3 Å². The van der Waals surface area contributed by atoms with Crippen molar-refractivity contribution in [1.29, 1.82) is 0 Å². The van der Waals surface area contributed by atoms with Gasteiger partial charge in [-0.25, -0.2) is 8.78 Å². The van der Waals surface area contributed by atoms with E-state index in [1.807, 2.05) is 0 Å². The first kappa shape index (κ1) is 16.4. The molecule has 0 bridgehead atoms. The summed E-state index contributed by atoms with van der Waals surface area (Å²) in [6.07, 6.45) is -1.01. The van der Waals surface area contributed by atoms with Crippen molar-refractivity contribution in [2.45, 2.75) is 25.2 Å². The Kier molecular flexibility index (Phi) is 4.80. The van der Waals surface area contributed by atoms with Crippen molar-refractivity contribution in [3.05, 3.63) is 53.7 Å². The lowest BCUT2D eigenvalue weighted by Crippen LogP contribution is -2.37. The number of hydrogen-bond donors (Lipinski definition) is 1. The second-order valence-electron chi connectivity index (χ2n) is 5.64. The van der Waals surface area contributed by atoms with E-state index in [0.29, 0.717) is 11.5 Å². The Morgan fingerprint density at radius 1 is 1.29 bits per heavy atom. The summed E-state index contributed by atoms with van der Waals surface area (Å²) in [5.41, 5.74) is 0. The Labute approximate surface area is 137 Å². The van der Waals surface area contributed by atoms with Crippen molar-refractivity contribution in [3.8, 4) is 5.75 Å². The molecular formula is C17H17F2NO4. The second-order valence-corrected chi connectivity index (χ2v) is 5.64. The third-order valence-electron chi connectivity index (χ3n) is 3.90. The monoisotopic (exact) mass is 337 g/mol. The number of halogens is 2. The van der Waals surface area contributed by atoms with E-state index >= 15 is 0 Å². The Hall–Kier alpha value is -2.41. The van der Waals surface area contributed by atoms with Gasteiger partial charge in [0.15, 0.2) is 5.76 Å². The Morgan fingerprint density at radius 3 is 2.75 bits per heavy atom. The minimum Gasteiger partial charge on any atom is -0.486 e. The van der Waals surface area contributed by atoms with E-state index in [0.717, 1.165) is 0 Å². The van der Waals surface area contributed by atoms with Crippen LogP contribution < -0.4 is 4.74 Å². The number of amides is 1. The number of rotatable bonds is 5. The fourth-order valence-electron chi connectivity index (χ4n) is 2.68. The van der Waals surface area contributed by atoms with Crippen LogP contribution in [0.2, 0.25) is 0 Å². The average Bonchev–Trinajstić information content (AvgIpc) is 3.20. The highest BCUT2D eigenvalue weighted by molar-refractivity contribution is 5.92. The van der Waals surface area contributed by atoms with E-state index in [2.05, 4.69) is 0 Å². The standard InChI is InChI=1S/C17H17F2NO4/c18-11-1-3-14(4-2-11)23-10-15-5-6-16(24-15)17(22)20-8-12(19)7-13(20)9-21/h1-6,12-13,21H,7-10H2/t12-,13-/m0/s1. The third kappa shape index (κ3) is 3.56. The zero-order chi connectivity index (χ0) is 17.1. The van der Waals surface area contributed by atoms with Crippen molar-refractivity contribution in [3.63, 3.8) is 0 Å². The molecule has 2 aromatic rings. The number of furan rings is 1. The maximum Gasteiger partial charge on any atom is 0.289 e. The summed E-state index contributed by atoms with van der Waals surface area (Å²) in [5, 5.41) is 9.25. The number of carbonyl (C=O) groups is 1. The molecule has 1 aromatic carbocycles. The van der Waals surface area contributed by atoms with Crippen LogP contribution in [0.3, 0.4) is 0 Å². The first-order valence-electron chi connectivity index (χ1n) is 7.60. The smallest absolute Gasteiger partial charge is 0.289 e. The molecule has 1 fully saturated rings. The summed E-state index contributed by atoms with van der Waals surface area (Å²) in [5.74, 6) is 0.144.